The van der Waals surface area contributed by atoms with Gasteiger partial charge in [0.15, 0.2) is 5.11 Å². The molecule has 170 valence electrons. The van der Waals surface area contributed by atoms with Crippen LogP contribution in [0.1, 0.15) is 23.3 Å². The first-order valence-corrected chi connectivity index (χ1v) is 11.9. The van der Waals surface area contributed by atoms with E-state index in [4.69, 9.17) is 12.2 Å². The van der Waals surface area contributed by atoms with Crippen molar-refractivity contribution in [2.24, 2.45) is 7.05 Å². The Labute approximate surface area is 206 Å². The van der Waals surface area contributed by atoms with Gasteiger partial charge in [-0.05, 0) is 72.4 Å². The van der Waals surface area contributed by atoms with E-state index in [1.54, 1.807) is 30.1 Å². The number of nitrogens with zero attached hydrogens (tertiary/aromatic N) is 4. The maximum atomic E-state index is 10.9. The Morgan fingerprint density at radius 2 is 1.74 bits per heavy atom. The van der Waals surface area contributed by atoms with Crippen LogP contribution in [0.25, 0.3) is 0 Å². The highest BCUT2D eigenvalue weighted by atomic mass is 32.2. The van der Waals surface area contributed by atoms with Gasteiger partial charge in [0.05, 0.1) is 22.7 Å². The predicted molar refractivity (Wildman–Crippen MR) is 137 cm³/mol. The number of thiocarbonyl (C=S) groups is 1. The number of nitro benzene ring substituents is 1. The van der Waals surface area contributed by atoms with E-state index in [9.17, 15) is 10.1 Å². The van der Waals surface area contributed by atoms with Crippen molar-refractivity contribution >= 4 is 40.5 Å². The molecule has 7 nitrogen and oxygen atoms in total. The number of anilines is 1. The molecule has 0 unspecified atom stereocenters. The van der Waals surface area contributed by atoms with E-state index in [2.05, 4.69) is 39.6 Å². The molecular formula is C25H21N5O2S2. The van der Waals surface area contributed by atoms with Crippen LogP contribution in [0.5, 0.6) is 0 Å². The number of nitro groups is 1. The number of aryl methyl sites for hydroxylation is 1. The van der Waals surface area contributed by atoms with Crippen molar-refractivity contribution in [1.29, 1.82) is 0 Å². The molecule has 34 heavy (non-hydrogen) atoms. The van der Waals surface area contributed by atoms with Gasteiger partial charge in [-0.1, -0.05) is 17.8 Å². The zero-order chi connectivity index (χ0) is 23.7. The maximum Gasteiger partial charge on any atom is 0.269 e. The molecule has 2 aromatic carbocycles. The summed E-state index contributed by atoms with van der Waals surface area (Å²) >= 11 is 7.33. The molecule has 0 amide bonds. The molecule has 4 aromatic rings. The van der Waals surface area contributed by atoms with Crippen LogP contribution in [0.3, 0.4) is 0 Å². The van der Waals surface area contributed by atoms with Crippen LogP contribution in [0.2, 0.25) is 0 Å². The van der Waals surface area contributed by atoms with Gasteiger partial charge in [0, 0.05) is 53.2 Å². The van der Waals surface area contributed by atoms with Gasteiger partial charge in [0.2, 0.25) is 0 Å². The SMILES string of the molecule is Cn1ccc([C@@H]2[C@H](c3ccccn3)NC(=S)N2c2ccc(Sc3ccc([N+](=O)[O-])cc3)cc2)c1. The number of hydrogen-bond acceptors (Lipinski definition) is 5. The zero-order valence-corrected chi connectivity index (χ0v) is 19.9. The minimum atomic E-state index is -0.391. The molecule has 1 saturated heterocycles. The Hall–Kier alpha value is -3.69. The molecular weight excluding hydrogens is 466 g/mol. The number of nitrogens with one attached hydrogen (secondary N) is 1. The van der Waals surface area contributed by atoms with E-state index in [0.717, 1.165) is 26.7 Å². The Morgan fingerprint density at radius 1 is 1.03 bits per heavy atom. The molecule has 1 aliphatic rings. The van der Waals surface area contributed by atoms with Crippen molar-refractivity contribution in [1.82, 2.24) is 14.9 Å². The maximum absolute atomic E-state index is 10.9. The Kier molecular flexibility index (Phi) is 6.04. The van der Waals surface area contributed by atoms with Gasteiger partial charge in [0.25, 0.3) is 5.69 Å². The highest BCUT2D eigenvalue weighted by molar-refractivity contribution is 7.99. The number of aromatic nitrogens is 2. The molecule has 9 heteroatoms. The van der Waals surface area contributed by atoms with Gasteiger partial charge in [-0.2, -0.15) is 0 Å². The molecule has 1 N–H and O–H groups in total. The third kappa shape index (κ3) is 4.40. The zero-order valence-electron chi connectivity index (χ0n) is 18.2. The number of hydrogen-bond donors (Lipinski definition) is 1. The number of benzene rings is 2. The van der Waals surface area contributed by atoms with E-state index in [1.807, 2.05) is 48.1 Å². The molecule has 0 spiro atoms. The Morgan fingerprint density at radius 3 is 2.32 bits per heavy atom. The molecule has 5 rings (SSSR count). The molecule has 2 aromatic heterocycles. The predicted octanol–water partition coefficient (Wildman–Crippen LogP) is 5.66. The van der Waals surface area contributed by atoms with E-state index >= 15 is 0 Å². The second-order valence-electron chi connectivity index (χ2n) is 7.95. The first-order valence-electron chi connectivity index (χ1n) is 10.6. The van der Waals surface area contributed by atoms with E-state index in [0.29, 0.717) is 5.11 Å². The third-order valence-corrected chi connectivity index (χ3v) is 7.02. The van der Waals surface area contributed by atoms with E-state index in [-0.39, 0.29) is 17.8 Å². The Balaban J connectivity index is 1.43. The lowest BCUT2D eigenvalue weighted by Gasteiger charge is -2.27. The average molecular weight is 488 g/mol. The van der Waals surface area contributed by atoms with Gasteiger partial charge < -0.3 is 14.8 Å². The summed E-state index contributed by atoms with van der Waals surface area (Å²) in [6.07, 6.45) is 5.95. The van der Waals surface area contributed by atoms with Crippen molar-refractivity contribution in [3.63, 3.8) is 0 Å². The summed E-state index contributed by atoms with van der Waals surface area (Å²) in [7, 11) is 2.01. The lowest BCUT2D eigenvalue weighted by Crippen LogP contribution is -2.29. The van der Waals surface area contributed by atoms with E-state index in [1.165, 1.54) is 12.1 Å². The smallest absolute Gasteiger partial charge is 0.269 e. The normalized spacial score (nSPS) is 17.6. The first kappa shape index (κ1) is 22.1. The Bertz CT molecular complexity index is 1320. The van der Waals surface area contributed by atoms with Crippen LogP contribution in [0, 0.1) is 10.1 Å². The van der Waals surface area contributed by atoms with Crippen LogP contribution in [-0.4, -0.2) is 19.6 Å². The summed E-state index contributed by atoms with van der Waals surface area (Å²) in [4.78, 5) is 19.2. The number of non-ortho nitro benzene ring substituents is 1. The van der Waals surface area contributed by atoms with Crippen molar-refractivity contribution < 1.29 is 4.92 Å². The fourth-order valence-electron chi connectivity index (χ4n) is 4.12. The lowest BCUT2D eigenvalue weighted by atomic mass is 9.98. The monoisotopic (exact) mass is 487 g/mol. The summed E-state index contributed by atoms with van der Waals surface area (Å²) in [6, 6.07) is 22.7. The first-order chi connectivity index (χ1) is 16.5. The highest BCUT2D eigenvalue weighted by Crippen LogP contribution is 2.42. The van der Waals surface area contributed by atoms with E-state index < -0.39 is 4.92 Å². The summed E-state index contributed by atoms with van der Waals surface area (Å²) in [5.74, 6) is 0. The molecule has 1 aliphatic heterocycles. The highest BCUT2D eigenvalue weighted by Gasteiger charge is 2.40. The molecule has 3 heterocycles. The van der Waals surface area contributed by atoms with Gasteiger partial charge in [-0.25, -0.2) is 0 Å². The topological polar surface area (TPSA) is 76.2 Å². The lowest BCUT2D eigenvalue weighted by molar-refractivity contribution is -0.384. The quantitative estimate of drug-likeness (QED) is 0.214. The largest absolute Gasteiger partial charge is 0.357 e. The van der Waals surface area contributed by atoms with Gasteiger partial charge in [-0.3, -0.25) is 15.1 Å². The summed E-state index contributed by atoms with van der Waals surface area (Å²) < 4.78 is 2.04. The fraction of sp³-hybridized carbons (Fsp3) is 0.120. The molecule has 1 fully saturated rings. The second kappa shape index (κ2) is 9.28. The molecule has 0 radical (unpaired) electrons. The summed E-state index contributed by atoms with van der Waals surface area (Å²) in [6.45, 7) is 0. The third-order valence-electron chi connectivity index (χ3n) is 5.69. The summed E-state index contributed by atoms with van der Waals surface area (Å²) in [5, 5.41) is 15.0. The minimum Gasteiger partial charge on any atom is -0.357 e. The fourth-order valence-corrected chi connectivity index (χ4v) is 5.28. The number of rotatable bonds is 6. The minimum absolute atomic E-state index is 0.0447. The standard InChI is InChI=1S/C25H21N5O2S2/c1-28-15-13-17(16-28)24-23(22-4-2-3-14-26-22)27-25(33)29(24)18-5-9-20(10-6-18)34-21-11-7-19(8-12-21)30(31)32/h2-16,23-24H,1H3,(H,27,33)/t23-,24+/m0/s1. The van der Waals surface area contributed by atoms with Gasteiger partial charge in [0.1, 0.15) is 0 Å². The van der Waals surface area contributed by atoms with Crippen molar-refractivity contribution in [3.8, 4) is 0 Å². The van der Waals surface area contributed by atoms with Crippen LogP contribution in [0.4, 0.5) is 11.4 Å². The van der Waals surface area contributed by atoms with Crippen LogP contribution >= 0.6 is 24.0 Å². The van der Waals surface area contributed by atoms with Crippen molar-refractivity contribution in [2.45, 2.75) is 21.9 Å². The van der Waals surface area contributed by atoms with Crippen LogP contribution in [0.15, 0.2) is 101 Å². The summed E-state index contributed by atoms with van der Waals surface area (Å²) in [5.41, 5.74) is 3.16. The molecule has 0 bridgehead atoms. The van der Waals surface area contributed by atoms with Gasteiger partial charge in [-0.15, -0.1) is 0 Å². The second-order valence-corrected chi connectivity index (χ2v) is 9.49. The molecule has 0 saturated carbocycles. The van der Waals surface area contributed by atoms with Gasteiger partial charge >= 0.3 is 0 Å². The van der Waals surface area contributed by atoms with Crippen molar-refractivity contribution in [2.75, 3.05) is 4.90 Å². The molecule has 2 atom stereocenters. The number of pyridine rings is 1. The van der Waals surface area contributed by atoms with Crippen LogP contribution in [-0.2, 0) is 7.05 Å². The van der Waals surface area contributed by atoms with Crippen molar-refractivity contribution in [3.05, 3.63) is 113 Å². The van der Waals surface area contributed by atoms with Crippen LogP contribution < -0.4 is 10.2 Å². The molecule has 0 aliphatic carbocycles. The average Bonchev–Trinajstić information content (AvgIpc) is 3.43.